The fourth-order valence-corrected chi connectivity index (χ4v) is 2.99. The lowest BCUT2D eigenvalue weighted by atomic mass is 10.1. The quantitative estimate of drug-likeness (QED) is 0.855. The van der Waals surface area contributed by atoms with E-state index in [0.29, 0.717) is 27.5 Å². The van der Waals surface area contributed by atoms with E-state index in [1.807, 2.05) is 0 Å². The normalized spacial score (nSPS) is 14.4. The Hall–Kier alpha value is -1.60. The Bertz CT molecular complexity index is 657. The molecule has 0 spiro atoms. The number of hydrogen-bond donors (Lipinski definition) is 1. The molecular formula is C12H11ClN4O2S. The van der Waals surface area contributed by atoms with E-state index >= 15 is 0 Å². The predicted molar refractivity (Wildman–Crippen MR) is 74.1 cm³/mol. The zero-order valence-corrected chi connectivity index (χ0v) is 11.9. The molecule has 3 rings (SSSR count). The topological polar surface area (TPSA) is 80.9 Å². The van der Waals surface area contributed by atoms with Gasteiger partial charge in [0.05, 0.1) is 11.6 Å². The summed E-state index contributed by atoms with van der Waals surface area (Å²) in [5.74, 6) is -0.492. The minimum absolute atomic E-state index is 0.257. The Morgan fingerprint density at radius 2 is 2.30 bits per heavy atom. The number of carbonyl (C=O) groups is 1. The third kappa shape index (κ3) is 2.78. The van der Waals surface area contributed by atoms with Crippen LogP contribution in [0.5, 0.6) is 0 Å². The number of thioether (sulfide) groups is 1. The molecule has 1 aromatic carbocycles. The van der Waals surface area contributed by atoms with Gasteiger partial charge in [0.2, 0.25) is 5.16 Å². The molecule has 0 amide bonds. The van der Waals surface area contributed by atoms with Crippen molar-refractivity contribution >= 4 is 29.3 Å². The molecular weight excluding hydrogens is 300 g/mol. The number of benzene rings is 1. The van der Waals surface area contributed by atoms with Crippen LogP contribution in [0.25, 0.3) is 0 Å². The van der Waals surface area contributed by atoms with Crippen LogP contribution in [0.15, 0.2) is 23.4 Å². The summed E-state index contributed by atoms with van der Waals surface area (Å²) >= 11 is 7.35. The van der Waals surface area contributed by atoms with Crippen molar-refractivity contribution in [1.82, 2.24) is 20.2 Å². The summed E-state index contributed by atoms with van der Waals surface area (Å²) < 4.78 is 1.80. The fourth-order valence-electron chi connectivity index (χ4n) is 1.86. The highest BCUT2D eigenvalue weighted by Crippen LogP contribution is 2.37. The van der Waals surface area contributed by atoms with Crippen LogP contribution in [0, 0.1) is 0 Å². The Morgan fingerprint density at radius 1 is 1.50 bits per heavy atom. The van der Waals surface area contributed by atoms with Crippen molar-refractivity contribution in [3.8, 4) is 0 Å². The van der Waals surface area contributed by atoms with Crippen molar-refractivity contribution in [2.75, 3.05) is 0 Å². The summed E-state index contributed by atoms with van der Waals surface area (Å²) in [5, 5.41) is 22.0. The predicted octanol–water partition coefficient (Wildman–Crippen LogP) is 2.65. The molecule has 2 aromatic rings. The van der Waals surface area contributed by atoms with Crippen LogP contribution in [0.1, 0.15) is 34.8 Å². The fraction of sp³-hybridized carbons (Fsp3) is 0.333. The first kappa shape index (κ1) is 13.4. The molecule has 0 atom stereocenters. The largest absolute Gasteiger partial charge is 0.478 e. The highest BCUT2D eigenvalue weighted by atomic mass is 35.5. The molecule has 1 aliphatic carbocycles. The van der Waals surface area contributed by atoms with Crippen molar-refractivity contribution < 1.29 is 9.90 Å². The maximum Gasteiger partial charge on any atom is 0.335 e. The SMILES string of the molecule is O=C(O)c1ccc(Cl)cc1CSc1nnnn1C1CC1. The minimum Gasteiger partial charge on any atom is -0.478 e. The number of hydrogen-bond acceptors (Lipinski definition) is 5. The smallest absolute Gasteiger partial charge is 0.335 e. The van der Waals surface area contributed by atoms with E-state index in [1.54, 1.807) is 16.8 Å². The molecule has 0 bridgehead atoms. The van der Waals surface area contributed by atoms with Gasteiger partial charge in [-0.25, -0.2) is 9.48 Å². The van der Waals surface area contributed by atoms with Gasteiger partial charge in [-0.05, 0) is 47.0 Å². The van der Waals surface area contributed by atoms with E-state index < -0.39 is 5.97 Å². The number of nitrogens with zero attached hydrogens (tertiary/aromatic N) is 4. The monoisotopic (exact) mass is 310 g/mol. The van der Waals surface area contributed by atoms with Crippen molar-refractivity contribution in [3.63, 3.8) is 0 Å². The van der Waals surface area contributed by atoms with Gasteiger partial charge in [-0.15, -0.1) is 5.10 Å². The zero-order valence-electron chi connectivity index (χ0n) is 10.4. The first-order valence-corrected chi connectivity index (χ1v) is 7.44. The molecule has 1 N–H and O–H groups in total. The molecule has 1 aliphatic rings. The van der Waals surface area contributed by atoms with Crippen LogP contribution < -0.4 is 0 Å². The van der Waals surface area contributed by atoms with Gasteiger partial charge in [-0.3, -0.25) is 0 Å². The summed E-state index contributed by atoms with van der Waals surface area (Å²) in [6.07, 6.45) is 2.19. The first-order chi connectivity index (χ1) is 9.65. The molecule has 0 aliphatic heterocycles. The number of tetrazole rings is 1. The summed E-state index contributed by atoms with van der Waals surface area (Å²) in [6.45, 7) is 0. The minimum atomic E-state index is -0.959. The molecule has 0 radical (unpaired) electrons. The van der Waals surface area contributed by atoms with Crippen molar-refractivity contribution in [3.05, 3.63) is 34.3 Å². The van der Waals surface area contributed by atoms with Gasteiger partial charge in [0, 0.05) is 10.8 Å². The Labute approximate surface area is 124 Å². The van der Waals surface area contributed by atoms with Crippen molar-refractivity contribution in [2.45, 2.75) is 29.8 Å². The van der Waals surface area contributed by atoms with Gasteiger partial charge < -0.3 is 5.11 Å². The van der Waals surface area contributed by atoms with E-state index in [2.05, 4.69) is 15.5 Å². The molecule has 0 unspecified atom stereocenters. The third-order valence-electron chi connectivity index (χ3n) is 3.01. The second kappa shape index (κ2) is 5.41. The Balaban J connectivity index is 1.79. The maximum atomic E-state index is 11.2. The lowest BCUT2D eigenvalue weighted by molar-refractivity contribution is 0.0696. The lowest BCUT2D eigenvalue weighted by Crippen LogP contribution is -2.03. The number of carboxylic acids is 1. The van der Waals surface area contributed by atoms with E-state index in [1.165, 1.54) is 17.8 Å². The number of carboxylic acid groups (broad SMARTS) is 1. The zero-order chi connectivity index (χ0) is 14.1. The molecule has 6 nitrogen and oxygen atoms in total. The van der Waals surface area contributed by atoms with Crippen LogP contribution in [-0.4, -0.2) is 31.3 Å². The van der Waals surface area contributed by atoms with Gasteiger partial charge in [-0.1, -0.05) is 23.4 Å². The van der Waals surface area contributed by atoms with Crippen LogP contribution in [0.3, 0.4) is 0 Å². The highest BCUT2D eigenvalue weighted by molar-refractivity contribution is 7.98. The molecule has 0 saturated heterocycles. The number of halogens is 1. The van der Waals surface area contributed by atoms with E-state index in [9.17, 15) is 4.79 Å². The van der Waals surface area contributed by atoms with Crippen molar-refractivity contribution in [1.29, 1.82) is 0 Å². The van der Waals surface area contributed by atoms with Gasteiger partial charge in [0.1, 0.15) is 0 Å². The third-order valence-corrected chi connectivity index (χ3v) is 4.23. The molecule has 1 fully saturated rings. The highest BCUT2D eigenvalue weighted by Gasteiger charge is 2.28. The molecule has 104 valence electrons. The van der Waals surface area contributed by atoms with E-state index in [0.717, 1.165) is 12.8 Å². The van der Waals surface area contributed by atoms with E-state index in [-0.39, 0.29) is 5.56 Å². The lowest BCUT2D eigenvalue weighted by Gasteiger charge is -2.06. The molecule has 20 heavy (non-hydrogen) atoms. The van der Waals surface area contributed by atoms with Gasteiger partial charge in [0.15, 0.2) is 0 Å². The second-order valence-corrected chi connectivity index (χ2v) is 5.91. The van der Waals surface area contributed by atoms with Crippen LogP contribution in [0.2, 0.25) is 5.02 Å². The van der Waals surface area contributed by atoms with Crippen LogP contribution in [-0.2, 0) is 5.75 Å². The summed E-state index contributed by atoms with van der Waals surface area (Å²) in [7, 11) is 0. The molecule has 8 heteroatoms. The first-order valence-electron chi connectivity index (χ1n) is 6.07. The Kier molecular flexibility index (Phi) is 3.62. The maximum absolute atomic E-state index is 11.2. The average molecular weight is 311 g/mol. The Morgan fingerprint density at radius 3 is 3.00 bits per heavy atom. The van der Waals surface area contributed by atoms with Crippen LogP contribution in [0.4, 0.5) is 0 Å². The van der Waals surface area contributed by atoms with Gasteiger partial charge in [0.25, 0.3) is 0 Å². The van der Waals surface area contributed by atoms with Gasteiger partial charge >= 0.3 is 5.97 Å². The van der Waals surface area contributed by atoms with Crippen molar-refractivity contribution in [2.24, 2.45) is 0 Å². The van der Waals surface area contributed by atoms with Crippen LogP contribution >= 0.6 is 23.4 Å². The molecule has 1 heterocycles. The molecule has 1 saturated carbocycles. The summed E-state index contributed by atoms with van der Waals surface area (Å²) in [6, 6.07) is 5.16. The number of rotatable bonds is 5. The van der Waals surface area contributed by atoms with E-state index in [4.69, 9.17) is 16.7 Å². The number of aromatic carboxylic acids is 1. The summed E-state index contributed by atoms with van der Waals surface area (Å²) in [5.41, 5.74) is 0.924. The average Bonchev–Trinajstić information content (AvgIpc) is 3.15. The summed E-state index contributed by atoms with van der Waals surface area (Å²) in [4.78, 5) is 11.2. The molecule has 1 aromatic heterocycles. The van der Waals surface area contributed by atoms with Gasteiger partial charge in [-0.2, -0.15) is 0 Å². The second-order valence-electron chi connectivity index (χ2n) is 4.53. The number of aromatic nitrogens is 4. The standard InChI is InChI=1S/C12H11ClN4O2S/c13-8-1-4-10(11(18)19)7(5-8)6-20-12-14-15-16-17(12)9-2-3-9/h1,4-5,9H,2-3,6H2,(H,18,19).